The molecule has 2 aromatic heterocycles. The molecule has 0 radical (unpaired) electrons. The van der Waals surface area contributed by atoms with Crippen molar-refractivity contribution in [3.8, 4) is 0 Å². The van der Waals surface area contributed by atoms with Crippen LogP contribution in [0.3, 0.4) is 0 Å². The number of thiophene rings is 1. The van der Waals surface area contributed by atoms with E-state index in [4.69, 9.17) is 9.72 Å². The number of carbonyl (C=O) groups is 2. The summed E-state index contributed by atoms with van der Waals surface area (Å²) in [4.78, 5) is 44.2. The summed E-state index contributed by atoms with van der Waals surface area (Å²) < 4.78 is 6.44. The Balaban J connectivity index is 1.65. The number of thioether (sulfide) groups is 1. The van der Waals surface area contributed by atoms with Gasteiger partial charge in [0.15, 0.2) is 5.16 Å². The van der Waals surface area contributed by atoms with Crippen molar-refractivity contribution in [3.05, 3.63) is 56.7 Å². The van der Waals surface area contributed by atoms with Crippen LogP contribution in [0.1, 0.15) is 36.3 Å². The summed E-state index contributed by atoms with van der Waals surface area (Å²) in [5.74, 6) is 0.0810. The van der Waals surface area contributed by atoms with Crippen molar-refractivity contribution >= 4 is 45.3 Å². The molecule has 3 aromatic rings. The van der Waals surface area contributed by atoms with Crippen molar-refractivity contribution in [1.82, 2.24) is 14.9 Å². The molecule has 7 nitrogen and oxygen atoms in total. The number of nitrogens with one attached hydrogen (secondary N) is 1. The summed E-state index contributed by atoms with van der Waals surface area (Å²) in [6, 6.07) is 9.98. The maximum absolute atomic E-state index is 13.6. The Kier molecular flexibility index (Phi) is 7.49. The van der Waals surface area contributed by atoms with Crippen molar-refractivity contribution in [2.45, 2.75) is 51.2 Å². The minimum atomic E-state index is -0.770. The lowest BCUT2D eigenvalue weighted by Crippen LogP contribution is -2.32. The second kappa shape index (κ2) is 10.5. The van der Waals surface area contributed by atoms with Crippen molar-refractivity contribution in [2.75, 3.05) is 12.4 Å². The molecular weight excluding hydrogens is 458 g/mol. The van der Waals surface area contributed by atoms with Gasteiger partial charge in [-0.25, -0.2) is 9.78 Å². The van der Waals surface area contributed by atoms with Crippen LogP contribution in [0.2, 0.25) is 0 Å². The SMILES string of the molecule is CCOC(=O)NC(=O)CSc1nc2sc3c(c2c(=O)n1CCc1ccccc1)CCC(C)C3. The Bertz CT molecular complexity index is 1220. The third-order valence-corrected chi connectivity index (χ3v) is 7.82. The van der Waals surface area contributed by atoms with Crippen LogP contribution < -0.4 is 10.9 Å². The highest BCUT2D eigenvalue weighted by molar-refractivity contribution is 7.99. The van der Waals surface area contributed by atoms with Gasteiger partial charge in [0.1, 0.15) is 4.83 Å². The average Bonchev–Trinajstić information content (AvgIpc) is 3.15. The lowest BCUT2D eigenvalue weighted by atomic mass is 9.89. The Morgan fingerprint density at radius 3 is 2.85 bits per heavy atom. The Hall–Kier alpha value is -2.65. The molecule has 2 heterocycles. The van der Waals surface area contributed by atoms with Gasteiger partial charge in [0.2, 0.25) is 5.91 Å². The fraction of sp³-hybridized carbons (Fsp3) is 0.417. The first-order valence-corrected chi connectivity index (χ1v) is 12.9. The second-order valence-electron chi connectivity index (χ2n) is 8.18. The highest BCUT2D eigenvalue weighted by Gasteiger charge is 2.25. The van der Waals surface area contributed by atoms with Gasteiger partial charge in [-0.3, -0.25) is 19.5 Å². The highest BCUT2D eigenvalue weighted by Crippen LogP contribution is 2.36. The third-order valence-electron chi connectivity index (χ3n) is 5.70. The number of hydrogen-bond acceptors (Lipinski definition) is 7. The normalized spacial score (nSPS) is 15.3. The number of aryl methyl sites for hydroxylation is 2. The van der Waals surface area contributed by atoms with E-state index in [1.807, 2.05) is 30.3 Å². The van der Waals surface area contributed by atoms with Gasteiger partial charge >= 0.3 is 6.09 Å². The zero-order valence-corrected chi connectivity index (χ0v) is 20.4. The maximum Gasteiger partial charge on any atom is 0.413 e. The van der Waals surface area contributed by atoms with Crippen LogP contribution in [0.5, 0.6) is 0 Å². The Labute approximate surface area is 200 Å². The van der Waals surface area contributed by atoms with Crippen LogP contribution in [0.4, 0.5) is 4.79 Å². The van der Waals surface area contributed by atoms with Crippen molar-refractivity contribution in [3.63, 3.8) is 0 Å². The van der Waals surface area contributed by atoms with Crippen LogP contribution in [-0.4, -0.2) is 33.9 Å². The van der Waals surface area contributed by atoms with Gasteiger partial charge in [-0.2, -0.15) is 0 Å². The standard InChI is InChI=1S/C24H27N3O4S2/c1-3-31-24(30)25-19(28)14-32-23-26-21-20(17-10-9-15(2)13-18(17)33-21)22(29)27(23)12-11-16-7-5-4-6-8-16/h4-8,15H,3,9-14H2,1-2H3,(H,25,28,30). The number of hydrogen-bond donors (Lipinski definition) is 1. The molecule has 1 aromatic carbocycles. The van der Waals surface area contributed by atoms with Gasteiger partial charge in [0.25, 0.3) is 5.56 Å². The third kappa shape index (κ3) is 5.47. The van der Waals surface area contributed by atoms with Crippen molar-refractivity contribution in [1.29, 1.82) is 0 Å². The first-order chi connectivity index (χ1) is 16.0. The topological polar surface area (TPSA) is 90.3 Å². The van der Waals surface area contributed by atoms with Gasteiger partial charge in [-0.1, -0.05) is 49.0 Å². The number of benzene rings is 1. The van der Waals surface area contributed by atoms with Crippen LogP contribution in [0.15, 0.2) is 40.3 Å². The van der Waals surface area contributed by atoms with E-state index in [-0.39, 0.29) is 17.9 Å². The molecule has 0 saturated heterocycles. The number of ether oxygens (including phenoxy) is 1. The van der Waals surface area contributed by atoms with E-state index in [0.29, 0.717) is 24.0 Å². The summed E-state index contributed by atoms with van der Waals surface area (Å²) in [5.41, 5.74) is 2.23. The van der Waals surface area contributed by atoms with Crippen molar-refractivity contribution in [2.24, 2.45) is 5.92 Å². The zero-order chi connectivity index (χ0) is 23.4. The first kappa shape index (κ1) is 23.5. The fourth-order valence-corrected chi connectivity index (χ4v) is 6.29. The first-order valence-electron chi connectivity index (χ1n) is 11.1. The largest absolute Gasteiger partial charge is 0.450 e. The number of alkyl carbamates (subject to hydrolysis) is 1. The molecule has 1 unspecified atom stereocenters. The van der Waals surface area contributed by atoms with Crippen LogP contribution in [0.25, 0.3) is 10.2 Å². The van der Waals surface area contributed by atoms with Crippen molar-refractivity contribution < 1.29 is 14.3 Å². The molecule has 0 aliphatic heterocycles. The number of carbonyl (C=O) groups excluding carboxylic acids is 2. The van der Waals surface area contributed by atoms with E-state index in [9.17, 15) is 14.4 Å². The summed E-state index contributed by atoms with van der Waals surface area (Å²) in [6.07, 6.45) is 2.87. The monoisotopic (exact) mass is 485 g/mol. The van der Waals surface area contributed by atoms with Gasteiger partial charge in [0, 0.05) is 11.4 Å². The molecule has 1 aliphatic rings. The van der Waals surface area contributed by atoms with Crippen LogP contribution in [0, 0.1) is 5.92 Å². The molecule has 0 bridgehead atoms. The molecule has 33 heavy (non-hydrogen) atoms. The molecule has 1 atom stereocenters. The molecule has 2 amide bonds. The van der Waals surface area contributed by atoms with E-state index in [2.05, 4.69) is 12.2 Å². The zero-order valence-electron chi connectivity index (χ0n) is 18.8. The van der Waals surface area contributed by atoms with Gasteiger partial charge < -0.3 is 4.74 Å². The second-order valence-corrected chi connectivity index (χ2v) is 10.2. The Morgan fingerprint density at radius 1 is 1.30 bits per heavy atom. The summed E-state index contributed by atoms with van der Waals surface area (Å²) in [7, 11) is 0. The van der Waals surface area contributed by atoms with Crippen LogP contribution in [-0.2, 0) is 35.3 Å². The predicted octanol–water partition coefficient (Wildman–Crippen LogP) is 4.19. The molecule has 1 aliphatic carbocycles. The van der Waals surface area contributed by atoms with E-state index < -0.39 is 12.0 Å². The minimum Gasteiger partial charge on any atom is -0.450 e. The van der Waals surface area contributed by atoms with E-state index >= 15 is 0 Å². The lowest BCUT2D eigenvalue weighted by Gasteiger charge is -2.17. The molecular formula is C24H27N3O4S2. The molecule has 9 heteroatoms. The van der Waals surface area contributed by atoms with E-state index in [1.54, 1.807) is 22.8 Å². The number of imide groups is 1. The summed E-state index contributed by atoms with van der Waals surface area (Å²) >= 11 is 2.76. The van der Waals surface area contributed by atoms with E-state index in [0.717, 1.165) is 52.4 Å². The molecule has 0 spiro atoms. The molecule has 4 rings (SSSR count). The predicted molar refractivity (Wildman–Crippen MR) is 131 cm³/mol. The van der Waals surface area contributed by atoms with Gasteiger partial charge in [-0.05, 0) is 49.7 Å². The summed E-state index contributed by atoms with van der Waals surface area (Å²) in [6.45, 7) is 4.56. The molecule has 1 N–H and O–H groups in total. The number of nitrogens with zero attached hydrogens (tertiary/aromatic N) is 2. The smallest absolute Gasteiger partial charge is 0.413 e. The molecule has 174 valence electrons. The number of amides is 2. The average molecular weight is 486 g/mol. The van der Waals surface area contributed by atoms with Gasteiger partial charge in [0.05, 0.1) is 17.7 Å². The molecule has 0 fully saturated rings. The quantitative estimate of drug-likeness (QED) is 0.399. The number of aromatic nitrogens is 2. The molecule has 0 saturated carbocycles. The highest BCUT2D eigenvalue weighted by atomic mass is 32.2. The Morgan fingerprint density at radius 2 is 2.09 bits per heavy atom. The number of rotatable bonds is 7. The van der Waals surface area contributed by atoms with Crippen LogP contribution >= 0.6 is 23.1 Å². The fourth-order valence-electron chi connectivity index (χ4n) is 4.04. The minimum absolute atomic E-state index is 0.0375. The number of fused-ring (bicyclic) bond motifs is 3. The lowest BCUT2D eigenvalue weighted by molar-refractivity contribution is -0.117. The maximum atomic E-state index is 13.6. The van der Waals surface area contributed by atoms with E-state index in [1.165, 1.54) is 4.88 Å². The summed E-state index contributed by atoms with van der Waals surface area (Å²) in [5, 5.41) is 3.42. The van der Waals surface area contributed by atoms with Gasteiger partial charge in [-0.15, -0.1) is 11.3 Å².